The molecule has 1 aromatic carbocycles. The van der Waals surface area contributed by atoms with Crippen molar-refractivity contribution in [2.24, 2.45) is 0 Å². The summed E-state index contributed by atoms with van der Waals surface area (Å²) in [6.07, 6.45) is 7.01. The van der Waals surface area contributed by atoms with E-state index in [1.54, 1.807) is 23.5 Å². The minimum Gasteiger partial charge on any atom is -0.368 e. The molecule has 2 heterocycles. The molecule has 0 spiro atoms. The Labute approximate surface area is 181 Å². The Balaban J connectivity index is 1.44. The number of ketones is 1. The molecular weight excluding hydrogens is 418 g/mol. The first-order valence-corrected chi connectivity index (χ1v) is 12.7. The molecule has 1 fully saturated rings. The first kappa shape index (κ1) is 21.0. The van der Waals surface area contributed by atoms with Crippen molar-refractivity contribution in [3.8, 4) is 6.07 Å². The third-order valence-electron chi connectivity index (χ3n) is 5.82. The van der Waals surface area contributed by atoms with Crippen LogP contribution in [-0.4, -0.2) is 38.1 Å². The van der Waals surface area contributed by atoms with Gasteiger partial charge in [-0.25, -0.2) is 8.42 Å². The molecule has 158 valence electrons. The molecule has 0 radical (unpaired) electrons. The zero-order chi connectivity index (χ0) is 21.1. The van der Waals surface area contributed by atoms with Gasteiger partial charge in [-0.3, -0.25) is 4.79 Å². The molecule has 0 amide bonds. The summed E-state index contributed by atoms with van der Waals surface area (Å²) in [6, 6.07) is 8.47. The fourth-order valence-corrected chi connectivity index (χ4v) is 6.89. The minimum absolute atomic E-state index is 0.0757. The number of carbonyl (C=O) groups excluding carboxylic acids is 1. The summed E-state index contributed by atoms with van der Waals surface area (Å²) in [4.78, 5) is 14.1. The van der Waals surface area contributed by atoms with Crippen LogP contribution < -0.4 is 5.32 Å². The van der Waals surface area contributed by atoms with Crippen molar-refractivity contribution in [2.45, 2.75) is 49.8 Å². The van der Waals surface area contributed by atoms with Gasteiger partial charge in [0.25, 0.3) is 0 Å². The average molecular weight is 444 g/mol. The van der Waals surface area contributed by atoms with Crippen molar-refractivity contribution in [1.29, 1.82) is 5.26 Å². The number of nitrogens with zero attached hydrogens (tertiary/aromatic N) is 2. The van der Waals surface area contributed by atoms with Crippen molar-refractivity contribution in [3.05, 3.63) is 45.8 Å². The number of piperidine rings is 1. The number of hydrogen-bond acceptors (Lipinski definition) is 6. The standard InChI is InChI=1S/C22H25N3O3S2/c23-14-19-18-6-2-3-7-21(18)29-22(19)24-15-20(26)16-8-10-17(11-9-16)30(27,28)25-12-4-1-5-13-25/h8-11,24H,1-7,12-13,15H2. The monoisotopic (exact) mass is 443 g/mol. The molecule has 6 nitrogen and oxygen atoms in total. The number of carbonyl (C=O) groups is 1. The number of benzene rings is 1. The van der Waals surface area contributed by atoms with E-state index in [-0.39, 0.29) is 17.2 Å². The number of fused-ring (bicyclic) bond motifs is 1. The number of Topliss-reactive ketones (excluding diaryl/α,β-unsaturated/α-hetero) is 1. The van der Waals surface area contributed by atoms with E-state index in [2.05, 4.69) is 11.4 Å². The van der Waals surface area contributed by atoms with Gasteiger partial charge in [0.1, 0.15) is 11.1 Å². The van der Waals surface area contributed by atoms with E-state index in [1.807, 2.05) is 0 Å². The maximum atomic E-state index is 12.7. The normalized spacial score (nSPS) is 17.2. The van der Waals surface area contributed by atoms with E-state index < -0.39 is 10.0 Å². The van der Waals surface area contributed by atoms with Gasteiger partial charge in [0, 0.05) is 23.5 Å². The molecule has 2 aliphatic rings. The molecule has 1 aromatic heterocycles. The highest BCUT2D eigenvalue weighted by Gasteiger charge is 2.26. The average Bonchev–Trinajstić information content (AvgIpc) is 3.15. The summed E-state index contributed by atoms with van der Waals surface area (Å²) in [5, 5.41) is 13.4. The SMILES string of the molecule is N#Cc1c(NCC(=O)c2ccc(S(=O)(=O)N3CCCCC3)cc2)sc2c1CCCC2. The van der Waals surface area contributed by atoms with E-state index in [9.17, 15) is 18.5 Å². The molecular formula is C22H25N3O3S2. The Hall–Kier alpha value is -2.21. The molecule has 8 heteroatoms. The fraction of sp³-hybridized carbons (Fsp3) is 0.455. The minimum atomic E-state index is -3.50. The largest absolute Gasteiger partial charge is 0.368 e. The van der Waals surface area contributed by atoms with Crippen LogP contribution in [0, 0.1) is 11.3 Å². The number of nitrogens with one attached hydrogen (secondary N) is 1. The van der Waals surface area contributed by atoms with Crippen molar-refractivity contribution < 1.29 is 13.2 Å². The van der Waals surface area contributed by atoms with E-state index in [0.717, 1.165) is 55.5 Å². The second kappa shape index (κ2) is 8.88. The Kier molecular flexibility index (Phi) is 6.23. The number of rotatable bonds is 6. The van der Waals surface area contributed by atoms with Gasteiger partial charge in [-0.1, -0.05) is 6.42 Å². The van der Waals surface area contributed by atoms with Crippen molar-refractivity contribution >= 4 is 32.1 Å². The molecule has 1 N–H and O–H groups in total. The van der Waals surface area contributed by atoms with Crippen molar-refractivity contribution in [2.75, 3.05) is 25.0 Å². The number of aryl methyl sites for hydroxylation is 1. The Morgan fingerprint density at radius 2 is 1.77 bits per heavy atom. The summed E-state index contributed by atoms with van der Waals surface area (Å²) in [5.74, 6) is -0.132. The van der Waals surface area contributed by atoms with Crippen LogP contribution >= 0.6 is 11.3 Å². The summed E-state index contributed by atoms with van der Waals surface area (Å²) < 4.78 is 27.0. The quantitative estimate of drug-likeness (QED) is 0.682. The fourth-order valence-electron chi connectivity index (χ4n) is 4.14. The van der Waals surface area contributed by atoms with Crippen LogP contribution in [0.2, 0.25) is 0 Å². The molecule has 0 unspecified atom stereocenters. The highest BCUT2D eigenvalue weighted by Crippen LogP contribution is 2.37. The number of anilines is 1. The van der Waals surface area contributed by atoms with Gasteiger partial charge in [0.05, 0.1) is 17.0 Å². The maximum Gasteiger partial charge on any atom is 0.243 e. The molecule has 1 aliphatic carbocycles. The highest BCUT2D eigenvalue weighted by molar-refractivity contribution is 7.89. The zero-order valence-corrected chi connectivity index (χ0v) is 18.4. The third kappa shape index (κ3) is 4.15. The first-order valence-electron chi connectivity index (χ1n) is 10.4. The lowest BCUT2D eigenvalue weighted by Gasteiger charge is -2.25. The molecule has 0 bridgehead atoms. The molecule has 0 saturated carbocycles. The predicted molar refractivity (Wildman–Crippen MR) is 118 cm³/mol. The molecule has 1 aliphatic heterocycles. The molecule has 2 aromatic rings. The van der Waals surface area contributed by atoms with Crippen LogP contribution in [0.4, 0.5) is 5.00 Å². The smallest absolute Gasteiger partial charge is 0.243 e. The van der Waals surface area contributed by atoms with Crippen LogP contribution in [0.3, 0.4) is 0 Å². The molecule has 4 rings (SSSR count). The second-order valence-corrected chi connectivity index (χ2v) is 10.8. The molecule has 1 saturated heterocycles. The van der Waals surface area contributed by atoms with Crippen LogP contribution in [0.5, 0.6) is 0 Å². The topological polar surface area (TPSA) is 90.3 Å². The van der Waals surface area contributed by atoms with E-state index in [0.29, 0.717) is 24.2 Å². The van der Waals surface area contributed by atoms with Crippen LogP contribution in [0.15, 0.2) is 29.2 Å². The summed E-state index contributed by atoms with van der Waals surface area (Å²) in [5.41, 5.74) is 2.27. The first-order chi connectivity index (χ1) is 14.5. The van der Waals surface area contributed by atoms with Crippen molar-refractivity contribution in [1.82, 2.24) is 4.31 Å². The van der Waals surface area contributed by atoms with Gasteiger partial charge < -0.3 is 5.32 Å². The van der Waals surface area contributed by atoms with E-state index in [4.69, 9.17) is 0 Å². The lowest BCUT2D eigenvalue weighted by Crippen LogP contribution is -2.35. The highest BCUT2D eigenvalue weighted by atomic mass is 32.2. The lowest BCUT2D eigenvalue weighted by atomic mass is 9.96. The van der Waals surface area contributed by atoms with Gasteiger partial charge in [0.15, 0.2) is 5.78 Å². The van der Waals surface area contributed by atoms with Crippen LogP contribution in [-0.2, 0) is 22.9 Å². The summed E-state index contributed by atoms with van der Waals surface area (Å²) in [6.45, 7) is 1.18. The molecule has 0 atom stereocenters. The third-order valence-corrected chi connectivity index (χ3v) is 8.98. The van der Waals surface area contributed by atoms with Gasteiger partial charge >= 0.3 is 0 Å². The van der Waals surface area contributed by atoms with Crippen LogP contribution in [0.25, 0.3) is 0 Å². The Bertz CT molecular complexity index is 1080. The maximum absolute atomic E-state index is 12.7. The molecule has 30 heavy (non-hydrogen) atoms. The van der Waals surface area contributed by atoms with Gasteiger partial charge in [0.2, 0.25) is 10.0 Å². The van der Waals surface area contributed by atoms with E-state index in [1.165, 1.54) is 21.3 Å². The van der Waals surface area contributed by atoms with Crippen molar-refractivity contribution in [3.63, 3.8) is 0 Å². The zero-order valence-electron chi connectivity index (χ0n) is 16.8. The predicted octanol–water partition coefficient (Wildman–Crippen LogP) is 3.97. The van der Waals surface area contributed by atoms with Gasteiger partial charge in [-0.2, -0.15) is 9.57 Å². The van der Waals surface area contributed by atoms with Gasteiger partial charge in [-0.05, 0) is 68.4 Å². The summed E-state index contributed by atoms with van der Waals surface area (Å²) in [7, 11) is -3.50. The van der Waals surface area contributed by atoms with Gasteiger partial charge in [-0.15, -0.1) is 11.3 Å². The summed E-state index contributed by atoms with van der Waals surface area (Å²) >= 11 is 1.57. The van der Waals surface area contributed by atoms with E-state index >= 15 is 0 Å². The number of sulfonamides is 1. The van der Waals surface area contributed by atoms with Crippen LogP contribution in [0.1, 0.15) is 58.5 Å². The number of thiophene rings is 1. The lowest BCUT2D eigenvalue weighted by molar-refractivity contribution is 0.101. The number of hydrogen-bond donors (Lipinski definition) is 1. The Morgan fingerprint density at radius 1 is 1.07 bits per heavy atom. The second-order valence-electron chi connectivity index (χ2n) is 7.79. The Morgan fingerprint density at radius 3 is 2.47 bits per heavy atom. The number of nitriles is 1.